The van der Waals surface area contributed by atoms with Gasteiger partial charge < -0.3 is 4.74 Å². The summed E-state index contributed by atoms with van der Waals surface area (Å²) in [6.45, 7) is 3.91. The van der Waals surface area contributed by atoms with Crippen molar-refractivity contribution in [3.8, 4) is 22.3 Å². The Bertz CT molecular complexity index is 737. The second-order valence-corrected chi connectivity index (χ2v) is 5.76. The van der Waals surface area contributed by atoms with Crippen molar-refractivity contribution in [3.63, 3.8) is 0 Å². The third kappa shape index (κ3) is 2.95. The van der Waals surface area contributed by atoms with Crippen molar-refractivity contribution >= 4 is 11.3 Å². The van der Waals surface area contributed by atoms with Gasteiger partial charge in [-0.1, -0.05) is 19.9 Å². The van der Waals surface area contributed by atoms with Crippen molar-refractivity contribution in [2.45, 2.75) is 19.8 Å². The van der Waals surface area contributed by atoms with Crippen LogP contribution in [-0.4, -0.2) is 15.2 Å². The smallest absolute Gasteiger partial charge is 0.230 e. The maximum absolute atomic E-state index is 13.9. The maximum Gasteiger partial charge on any atom is 0.230 e. The van der Waals surface area contributed by atoms with Gasteiger partial charge in [0.15, 0.2) is 0 Å². The number of H-pyrrole nitrogens is 1. The van der Waals surface area contributed by atoms with Gasteiger partial charge in [0.05, 0.1) is 11.1 Å². The number of nitrogens with zero attached hydrogens (tertiary/aromatic N) is 2. The number of aromatic nitrogens is 3. The molecule has 0 spiro atoms. The summed E-state index contributed by atoms with van der Waals surface area (Å²) in [5.41, 5.74) is 1.51. The molecule has 0 bridgehead atoms. The highest BCUT2D eigenvalue weighted by atomic mass is 32.1. The Kier molecular flexibility index (Phi) is 3.70. The van der Waals surface area contributed by atoms with Gasteiger partial charge in [0.1, 0.15) is 16.6 Å². The molecule has 0 fully saturated rings. The first kappa shape index (κ1) is 13.8. The lowest BCUT2D eigenvalue weighted by Gasteiger charge is -2.08. The summed E-state index contributed by atoms with van der Waals surface area (Å²) >= 11 is 1.44. The maximum atomic E-state index is 13.9. The quantitative estimate of drug-likeness (QED) is 0.767. The van der Waals surface area contributed by atoms with Gasteiger partial charge in [0.2, 0.25) is 5.88 Å². The van der Waals surface area contributed by atoms with Crippen molar-refractivity contribution < 1.29 is 9.13 Å². The number of thiazole rings is 1. The Morgan fingerprint density at radius 2 is 2.14 bits per heavy atom. The first-order valence-corrected chi connectivity index (χ1v) is 7.44. The highest BCUT2D eigenvalue weighted by Gasteiger charge is 2.10. The standard InChI is InChI=1S/C15H14FN3OS/c1-9(2)11-4-3-10(7-12(11)16)20-14-8-21-15(18-14)13-5-6-17-19-13/h3-9H,1-2H3,(H,17,19). The lowest BCUT2D eigenvalue weighted by atomic mass is 10.0. The molecule has 0 saturated heterocycles. The van der Waals surface area contributed by atoms with E-state index in [2.05, 4.69) is 15.2 Å². The van der Waals surface area contributed by atoms with Gasteiger partial charge >= 0.3 is 0 Å². The summed E-state index contributed by atoms with van der Waals surface area (Å²) in [7, 11) is 0. The van der Waals surface area contributed by atoms with E-state index in [9.17, 15) is 4.39 Å². The number of rotatable bonds is 4. The average Bonchev–Trinajstić information content (AvgIpc) is 3.08. The summed E-state index contributed by atoms with van der Waals surface area (Å²) in [6.07, 6.45) is 1.66. The van der Waals surface area contributed by atoms with E-state index < -0.39 is 0 Å². The molecule has 1 aromatic carbocycles. The SMILES string of the molecule is CC(C)c1ccc(Oc2csc(-c3ccn[nH]3)n2)cc1F. The molecule has 0 radical (unpaired) electrons. The summed E-state index contributed by atoms with van der Waals surface area (Å²) < 4.78 is 19.5. The lowest BCUT2D eigenvalue weighted by Crippen LogP contribution is -1.94. The predicted octanol–water partition coefficient (Wildman–Crippen LogP) is 4.59. The number of hydrogen-bond donors (Lipinski definition) is 1. The third-order valence-electron chi connectivity index (χ3n) is 3.03. The van der Waals surface area contributed by atoms with Crippen molar-refractivity contribution in [3.05, 3.63) is 47.2 Å². The fraction of sp³-hybridized carbons (Fsp3) is 0.200. The molecule has 0 atom stereocenters. The van der Waals surface area contributed by atoms with Gasteiger partial charge in [-0.05, 0) is 23.6 Å². The fourth-order valence-corrected chi connectivity index (χ4v) is 2.66. The first-order chi connectivity index (χ1) is 10.1. The minimum absolute atomic E-state index is 0.144. The molecular formula is C15H14FN3OS. The summed E-state index contributed by atoms with van der Waals surface area (Å²) in [4.78, 5) is 4.34. The van der Waals surface area contributed by atoms with Crippen LogP contribution in [0, 0.1) is 5.82 Å². The molecule has 0 unspecified atom stereocenters. The average molecular weight is 303 g/mol. The second kappa shape index (κ2) is 5.65. The Labute approximate surface area is 125 Å². The number of aromatic amines is 1. The molecule has 21 heavy (non-hydrogen) atoms. The topological polar surface area (TPSA) is 50.8 Å². The van der Waals surface area contributed by atoms with E-state index in [1.165, 1.54) is 17.4 Å². The van der Waals surface area contributed by atoms with Gasteiger partial charge in [-0.3, -0.25) is 5.10 Å². The number of nitrogens with one attached hydrogen (secondary N) is 1. The molecular weight excluding hydrogens is 289 g/mol. The van der Waals surface area contributed by atoms with E-state index in [1.807, 2.05) is 19.9 Å². The van der Waals surface area contributed by atoms with Crippen LogP contribution in [0.3, 0.4) is 0 Å². The molecule has 0 saturated carbocycles. The zero-order valence-corrected chi connectivity index (χ0v) is 12.4. The molecule has 0 aliphatic carbocycles. The van der Waals surface area contributed by atoms with Gasteiger partial charge in [0, 0.05) is 12.3 Å². The summed E-state index contributed by atoms with van der Waals surface area (Å²) in [6, 6.07) is 6.73. The zero-order valence-electron chi connectivity index (χ0n) is 11.6. The molecule has 0 aliphatic heterocycles. The normalized spacial score (nSPS) is 11.0. The first-order valence-electron chi connectivity index (χ1n) is 6.56. The van der Waals surface area contributed by atoms with E-state index >= 15 is 0 Å². The van der Waals surface area contributed by atoms with Crippen molar-refractivity contribution in [2.75, 3.05) is 0 Å². The van der Waals surface area contributed by atoms with Crippen LogP contribution in [0.25, 0.3) is 10.7 Å². The minimum atomic E-state index is -0.258. The second-order valence-electron chi connectivity index (χ2n) is 4.90. The van der Waals surface area contributed by atoms with Crippen molar-refractivity contribution in [1.82, 2.24) is 15.2 Å². The largest absolute Gasteiger partial charge is 0.438 e. The highest BCUT2D eigenvalue weighted by molar-refractivity contribution is 7.13. The van der Waals surface area contributed by atoms with Crippen LogP contribution in [0.5, 0.6) is 11.6 Å². The van der Waals surface area contributed by atoms with Gasteiger partial charge in [-0.25, -0.2) is 4.39 Å². The van der Waals surface area contributed by atoms with Crippen LogP contribution in [0.2, 0.25) is 0 Å². The van der Waals surface area contributed by atoms with Crippen LogP contribution >= 0.6 is 11.3 Å². The van der Waals surface area contributed by atoms with E-state index in [4.69, 9.17) is 4.74 Å². The molecule has 0 aliphatic rings. The zero-order chi connectivity index (χ0) is 14.8. The lowest BCUT2D eigenvalue weighted by molar-refractivity contribution is 0.460. The van der Waals surface area contributed by atoms with Gasteiger partial charge in [-0.2, -0.15) is 10.1 Å². The monoisotopic (exact) mass is 303 g/mol. The predicted molar refractivity (Wildman–Crippen MR) is 80.3 cm³/mol. The molecule has 3 rings (SSSR count). The Hall–Kier alpha value is -2.21. The van der Waals surface area contributed by atoms with Crippen LogP contribution < -0.4 is 4.74 Å². The number of ether oxygens (including phenoxy) is 1. The summed E-state index contributed by atoms with van der Waals surface area (Å²) in [5, 5.41) is 9.28. The molecule has 108 valence electrons. The van der Waals surface area contributed by atoms with Crippen LogP contribution in [0.15, 0.2) is 35.8 Å². The van der Waals surface area contributed by atoms with Gasteiger partial charge in [-0.15, -0.1) is 11.3 Å². The molecule has 2 aromatic heterocycles. The molecule has 6 heteroatoms. The van der Waals surface area contributed by atoms with E-state index in [0.29, 0.717) is 17.2 Å². The molecule has 1 N–H and O–H groups in total. The molecule has 3 aromatic rings. The number of halogens is 1. The Balaban J connectivity index is 1.79. The molecule has 2 heterocycles. The van der Waals surface area contributed by atoms with Crippen molar-refractivity contribution in [1.29, 1.82) is 0 Å². The third-order valence-corrected chi connectivity index (χ3v) is 3.88. The molecule has 0 amide bonds. The minimum Gasteiger partial charge on any atom is -0.438 e. The fourth-order valence-electron chi connectivity index (χ4n) is 1.96. The van der Waals surface area contributed by atoms with Crippen LogP contribution in [0.4, 0.5) is 4.39 Å². The highest BCUT2D eigenvalue weighted by Crippen LogP contribution is 2.30. The Morgan fingerprint density at radius 1 is 1.29 bits per heavy atom. The van der Waals surface area contributed by atoms with Gasteiger partial charge in [0.25, 0.3) is 0 Å². The number of hydrogen-bond acceptors (Lipinski definition) is 4. The van der Waals surface area contributed by atoms with Crippen LogP contribution in [0.1, 0.15) is 25.3 Å². The van der Waals surface area contributed by atoms with Crippen LogP contribution in [-0.2, 0) is 0 Å². The Morgan fingerprint density at radius 3 is 2.81 bits per heavy atom. The van der Waals surface area contributed by atoms with E-state index in [0.717, 1.165) is 10.7 Å². The summed E-state index contributed by atoms with van der Waals surface area (Å²) in [5.74, 6) is 0.775. The van der Waals surface area contributed by atoms with Crippen molar-refractivity contribution in [2.24, 2.45) is 0 Å². The molecule has 4 nitrogen and oxygen atoms in total. The number of benzene rings is 1. The van der Waals surface area contributed by atoms with E-state index in [-0.39, 0.29) is 11.7 Å². The van der Waals surface area contributed by atoms with E-state index in [1.54, 1.807) is 23.7 Å².